The molecule has 1 aromatic carbocycles. The molecule has 0 saturated carbocycles. The van der Waals surface area contributed by atoms with Gasteiger partial charge in [-0.3, -0.25) is 14.2 Å². The monoisotopic (exact) mass is 511 g/mol. The molecule has 0 aliphatic carbocycles. The average Bonchev–Trinajstić information content (AvgIpc) is 3.40. The first kappa shape index (κ1) is 28.0. The second-order valence-corrected chi connectivity index (χ2v) is 10.6. The number of aromatic nitrogens is 2. The Morgan fingerprint density at radius 1 is 1.22 bits per heavy atom. The summed E-state index contributed by atoms with van der Waals surface area (Å²) in [5, 5.41) is 10.3. The number of amides is 1. The number of halogens is 3. The van der Waals surface area contributed by atoms with Crippen LogP contribution in [0.15, 0.2) is 29.3 Å². The molecule has 1 saturated heterocycles. The van der Waals surface area contributed by atoms with Crippen LogP contribution in [0.25, 0.3) is 0 Å². The summed E-state index contributed by atoms with van der Waals surface area (Å²) in [6, 6.07) is 4.48. The zero-order valence-corrected chi connectivity index (χ0v) is 21.8. The van der Waals surface area contributed by atoms with Gasteiger partial charge in [-0.2, -0.15) is 18.2 Å². The minimum Gasteiger partial charge on any atom is -0.490 e. The largest absolute Gasteiger partial charge is 0.490 e. The predicted molar refractivity (Wildman–Crippen MR) is 129 cm³/mol. The Labute approximate surface area is 209 Å². The molecule has 7 nitrogen and oxygen atoms in total. The van der Waals surface area contributed by atoms with E-state index >= 15 is 0 Å². The first-order valence-electron chi connectivity index (χ1n) is 12.2. The van der Waals surface area contributed by atoms with Gasteiger partial charge in [-0.15, -0.1) is 0 Å². The molecule has 0 bridgehead atoms. The van der Waals surface area contributed by atoms with Crippen LogP contribution in [-0.4, -0.2) is 45.3 Å². The van der Waals surface area contributed by atoms with Crippen LogP contribution >= 0.6 is 0 Å². The molecule has 1 aliphatic heterocycles. The van der Waals surface area contributed by atoms with Crippen molar-refractivity contribution in [3.8, 4) is 5.75 Å². The zero-order valence-electron chi connectivity index (χ0n) is 21.8. The zero-order chi connectivity index (χ0) is 26.9. The van der Waals surface area contributed by atoms with E-state index in [1.807, 2.05) is 37.2 Å². The smallest absolute Gasteiger partial charge is 0.416 e. The lowest BCUT2D eigenvalue weighted by Gasteiger charge is -2.22. The van der Waals surface area contributed by atoms with E-state index in [2.05, 4.69) is 4.99 Å². The van der Waals surface area contributed by atoms with Crippen molar-refractivity contribution in [2.24, 2.45) is 12.0 Å². The fourth-order valence-electron chi connectivity index (χ4n) is 4.06. The van der Waals surface area contributed by atoms with Crippen molar-refractivity contribution in [3.63, 3.8) is 0 Å². The molecule has 3 rings (SSSR count). The lowest BCUT2D eigenvalue weighted by molar-refractivity contribution is -0.137. The van der Waals surface area contributed by atoms with Crippen LogP contribution in [0.1, 0.15) is 75.5 Å². The summed E-state index contributed by atoms with van der Waals surface area (Å²) in [5.74, 6) is -0.928. The molecule has 0 spiro atoms. The van der Waals surface area contributed by atoms with E-state index in [0.29, 0.717) is 25.1 Å². The van der Waals surface area contributed by atoms with Gasteiger partial charge in [0.1, 0.15) is 12.4 Å². The van der Waals surface area contributed by atoms with E-state index in [1.165, 1.54) is 0 Å². The molecule has 1 aliphatic rings. The second kappa shape index (κ2) is 10.4. The highest BCUT2D eigenvalue weighted by atomic mass is 19.4. The van der Waals surface area contributed by atoms with Crippen LogP contribution in [0, 0.1) is 0 Å². The summed E-state index contributed by atoms with van der Waals surface area (Å²) in [6.45, 7) is 10.3. The standard InChI is InChI=1S/C26H36F3N3O4/c1-7-25(5,34)16-36-20-11-10-17(26(27,28)29)13-19(20)23(33)30-22-14-21(24(2,3)4)31(6)32(22)15-18-9-8-12-35-18/h10-11,13-14,18,34H,7-9,12,15-16H2,1-6H3/b30-22+/t18-,25?/m1/s1. The van der Waals surface area contributed by atoms with Crippen molar-refractivity contribution in [3.05, 3.63) is 46.6 Å². The van der Waals surface area contributed by atoms with Crippen LogP contribution < -0.4 is 10.2 Å². The van der Waals surface area contributed by atoms with Crippen LogP contribution in [0.3, 0.4) is 0 Å². The van der Waals surface area contributed by atoms with Gasteiger partial charge >= 0.3 is 6.18 Å². The average molecular weight is 512 g/mol. The first-order valence-corrected chi connectivity index (χ1v) is 12.2. The maximum absolute atomic E-state index is 13.5. The van der Waals surface area contributed by atoms with Gasteiger partial charge in [0.25, 0.3) is 5.91 Å². The third kappa shape index (κ3) is 6.59. The second-order valence-electron chi connectivity index (χ2n) is 10.6. The maximum Gasteiger partial charge on any atom is 0.416 e. The predicted octanol–water partition coefficient (Wildman–Crippen LogP) is 4.60. The molecule has 0 radical (unpaired) electrons. The quantitative estimate of drug-likeness (QED) is 0.589. The third-order valence-electron chi connectivity index (χ3n) is 6.46. The number of carbonyl (C=O) groups excluding carboxylic acids is 1. The summed E-state index contributed by atoms with van der Waals surface area (Å²) in [7, 11) is 1.87. The Kier molecular flexibility index (Phi) is 8.10. The summed E-state index contributed by atoms with van der Waals surface area (Å²) in [5.41, 5.74) is -1.53. The molecule has 1 unspecified atom stereocenters. The van der Waals surface area contributed by atoms with Crippen molar-refractivity contribution in [1.82, 2.24) is 9.36 Å². The summed E-state index contributed by atoms with van der Waals surface area (Å²) < 4.78 is 55.5. The van der Waals surface area contributed by atoms with E-state index in [1.54, 1.807) is 19.9 Å². The van der Waals surface area contributed by atoms with E-state index in [-0.39, 0.29) is 29.4 Å². The normalized spacial score (nSPS) is 18.9. The number of nitrogens with zero attached hydrogens (tertiary/aromatic N) is 3. The highest BCUT2D eigenvalue weighted by Gasteiger charge is 2.33. The molecular formula is C26H36F3N3O4. The van der Waals surface area contributed by atoms with Crippen LogP contribution in [-0.2, 0) is 29.9 Å². The molecule has 1 fully saturated rings. The van der Waals surface area contributed by atoms with Gasteiger partial charge in [-0.25, -0.2) is 0 Å². The minimum atomic E-state index is -4.64. The molecule has 10 heteroatoms. The fraction of sp³-hybridized carbons (Fsp3) is 0.615. The lowest BCUT2D eigenvalue weighted by atomic mass is 9.92. The van der Waals surface area contributed by atoms with Gasteiger partial charge in [-0.05, 0) is 44.4 Å². The highest BCUT2D eigenvalue weighted by molar-refractivity contribution is 5.97. The molecule has 2 aromatic rings. The number of hydrogen-bond acceptors (Lipinski definition) is 4. The number of aliphatic hydroxyl groups is 1. The Bertz CT molecular complexity index is 1150. The molecular weight excluding hydrogens is 475 g/mol. The Morgan fingerprint density at radius 2 is 1.92 bits per heavy atom. The van der Waals surface area contributed by atoms with Crippen molar-refractivity contribution in [2.45, 2.75) is 83.7 Å². The number of ether oxygens (including phenoxy) is 2. The number of carbonyl (C=O) groups is 1. The lowest BCUT2D eigenvalue weighted by Crippen LogP contribution is -2.31. The molecule has 1 amide bonds. The van der Waals surface area contributed by atoms with Crippen molar-refractivity contribution in [2.75, 3.05) is 13.2 Å². The molecule has 1 N–H and O–H groups in total. The SMILES string of the molecule is CCC(C)(O)COc1ccc(C(F)(F)F)cc1C(=O)/N=c1\cc(C(C)(C)C)n(C)n1C[C@H]1CCCO1. The van der Waals surface area contributed by atoms with Gasteiger partial charge in [0.15, 0.2) is 5.49 Å². The van der Waals surface area contributed by atoms with E-state index in [4.69, 9.17) is 9.47 Å². The van der Waals surface area contributed by atoms with Gasteiger partial charge in [0.2, 0.25) is 0 Å². The van der Waals surface area contributed by atoms with Crippen LogP contribution in [0.5, 0.6) is 5.75 Å². The van der Waals surface area contributed by atoms with Gasteiger partial charge in [0.05, 0.1) is 29.4 Å². The molecule has 36 heavy (non-hydrogen) atoms. The van der Waals surface area contributed by atoms with Gasteiger partial charge in [0, 0.05) is 30.8 Å². The van der Waals surface area contributed by atoms with E-state index in [9.17, 15) is 23.1 Å². The van der Waals surface area contributed by atoms with Crippen LogP contribution in [0.2, 0.25) is 0 Å². The summed E-state index contributed by atoms with van der Waals surface area (Å²) in [6.07, 6.45) is -2.50. The number of hydrogen-bond donors (Lipinski definition) is 1. The van der Waals surface area contributed by atoms with Crippen LogP contribution in [0.4, 0.5) is 13.2 Å². The maximum atomic E-state index is 13.5. The molecule has 2 atom stereocenters. The van der Waals surface area contributed by atoms with E-state index in [0.717, 1.165) is 36.7 Å². The Balaban J connectivity index is 2.10. The van der Waals surface area contributed by atoms with Gasteiger partial charge < -0.3 is 14.6 Å². The van der Waals surface area contributed by atoms with Crippen molar-refractivity contribution < 1.29 is 32.5 Å². The van der Waals surface area contributed by atoms with Crippen molar-refractivity contribution >= 4 is 5.91 Å². The summed E-state index contributed by atoms with van der Waals surface area (Å²) >= 11 is 0. The molecule has 2 heterocycles. The first-order chi connectivity index (χ1) is 16.6. The van der Waals surface area contributed by atoms with E-state index < -0.39 is 23.2 Å². The molecule has 200 valence electrons. The number of rotatable bonds is 7. The summed E-state index contributed by atoms with van der Waals surface area (Å²) in [4.78, 5) is 17.6. The van der Waals surface area contributed by atoms with Gasteiger partial charge in [-0.1, -0.05) is 27.7 Å². The highest BCUT2D eigenvalue weighted by Crippen LogP contribution is 2.33. The minimum absolute atomic E-state index is 0.0378. The van der Waals surface area contributed by atoms with Crippen molar-refractivity contribution in [1.29, 1.82) is 0 Å². The molecule has 1 aromatic heterocycles. The third-order valence-corrected chi connectivity index (χ3v) is 6.46. The number of alkyl halides is 3. The number of benzene rings is 1. The Morgan fingerprint density at radius 3 is 2.47 bits per heavy atom. The Hall–Kier alpha value is -2.59. The topological polar surface area (TPSA) is 78.0 Å². The fourth-order valence-corrected chi connectivity index (χ4v) is 4.06.